The summed E-state index contributed by atoms with van der Waals surface area (Å²) in [6, 6.07) is 3.70. The van der Waals surface area contributed by atoms with Gasteiger partial charge in [0.25, 0.3) is 0 Å². The molecule has 21 heavy (non-hydrogen) atoms. The van der Waals surface area contributed by atoms with Crippen LogP contribution in [0, 0.1) is 5.92 Å². The molecule has 1 atom stereocenters. The summed E-state index contributed by atoms with van der Waals surface area (Å²) >= 11 is 0. The molecular weight excluding hydrogens is 320 g/mol. The minimum Gasteiger partial charge on any atom is -0.261 e. The molecule has 1 aromatic heterocycles. The predicted molar refractivity (Wildman–Crippen MR) is 94.7 cm³/mol. The first-order chi connectivity index (χ1) is 9.35. The zero-order chi connectivity index (χ0) is 16.5. The Morgan fingerprint density at radius 2 is 1.90 bits per heavy atom. The van der Waals surface area contributed by atoms with Crippen LogP contribution in [0.4, 0.5) is 0 Å². The molecule has 0 bridgehead atoms. The van der Waals surface area contributed by atoms with E-state index in [-0.39, 0.29) is 5.04 Å². The van der Waals surface area contributed by atoms with Gasteiger partial charge in [-0.05, 0) is 42.6 Å². The Labute approximate surface area is 135 Å². The number of halogens is 1. The number of hydrogen-bond acceptors (Lipinski definition) is 3. The van der Waals surface area contributed by atoms with E-state index in [0.717, 1.165) is 12.1 Å². The second-order valence-corrected chi connectivity index (χ2v) is 15.4. The topological polar surface area (TPSA) is 42.3 Å². The fourth-order valence-electron chi connectivity index (χ4n) is 1.58. The van der Waals surface area contributed by atoms with E-state index < -0.39 is 17.2 Å². The summed E-state index contributed by atoms with van der Waals surface area (Å²) in [5, 5.41) is 0.00949. The molecule has 0 radical (unpaired) electrons. The highest BCUT2D eigenvalue weighted by atomic mass is 35.7. The predicted octanol–water partition coefficient (Wildman–Crippen LogP) is 5.27. The summed E-state index contributed by atoms with van der Waals surface area (Å²) in [5.41, 5.74) is 0.993. The maximum atomic E-state index is 12.8. The monoisotopic (exact) mass is 346 g/mol. The number of nitrogens with zero attached hydrogens (tertiary/aromatic N) is 2. The van der Waals surface area contributed by atoms with E-state index in [4.69, 9.17) is 10.7 Å². The molecule has 1 heterocycles. The number of pyridine rings is 1. The lowest BCUT2D eigenvalue weighted by Gasteiger charge is -2.32. The first-order valence-electron chi connectivity index (χ1n) is 7.28. The molecule has 0 saturated carbocycles. The SMILES string of the molecule is CC(C)Cc1ccc(S(=O)(Cl)=N[Si](C)(C)C(C)(C)C)cn1. The molecule has 1 rings (SSSR count). The molecule has 0 aromatic carbocycles. The third-order valence-corrected chi connectivity index (χ3v) is 12.3. The zero-order valence-corrected chi connectivity index (χ0v) is 16.7. The summed E-state index contributed by atoms with van der Waals surface area (Å²) < 4.78 is 17.3. The van der Waals surface area contributed by atoms with Crippen molar-refractivity contribution in [3.05, 3.63) is 24.0 Å². The third-order valence-electron chi connectivity index (χ3n) is 3.89. The first-order valence-corrected chi connectivity index (χ1v) is 12.6. The Hall–Kier alpha value is -0.393. The van der Waals surface area contributed by atoms with Crippen LogP contribution in [0.25, 0.3) is 0 Å². The lowest BCUT2D eigenvalue weighted by atomic mass is 10.1. The second kappa shape index (κ2) is 6.38. The summed E-state index contributed by atoms with van der Waals surface area (Å²) in [6.45, 7) is 14.8. The quantitative estimate of drug-likeness (QED) is 0.550. The first kappa shape index (κ1) is 18.7. The van der Waals surface area contributed by atoms with Gasteiger partial charge in [-0.15, -0.1) is 0 Å². The van der Waals surface area contributed by atoms with E-state index in [1.807, 2.05) is 6.07 Å². The molecule has 0 aliphatic carbocycles. The van der Waals surface area contributed by atoms with Gasteiger partial charge in [0.15, 0.2) is 17.2 Å². The largest absolute Gasteiger partial charge is 0.261 e. The molecular formula is C15H27ClN2OSSi. The van der Waals surface area contributed by atoms with Gasteiger partial charge in [0, 0.05) is 22.6 Å². The lowest BCUT2D eigenvalue weighted by Crippen LogP contribution is -2.35. The van der Waals surface area contributed by atoms with Gasteiger partial charge in [-0.2, -0.15) is 0 Å². The van der Waals surface area contributed by atoms with E-state index in [1.54, 1.807) is 12.3 Å². The van der Waals surface area contributed by atoms with Crippen LogP contribution in [0.3, 0.4) is 0 Å². The molecule has 3 nitrogen and oxygen atoms in total. The van der Waals surface area contributed by atoms with Gasteiger partial charge in [0.05, 0.1) is 4.90 Å². The number of aromatic nitrogens is 1. The normalized spacial score (nSPS) is 15.9. The lowest BCUT2D eigenvalue weighted by molar-refractivity contribution is 0.634. The van der Waals surface area contributed by atoms with Crippen LogP contribution in [-0.4, -0.2) is 17.4 Å². The third kappa shape index (κ3) is 5.08. The molecule has 1 unspecified atom stereocenters. The van der Waals surface area contributed by atoms with Crippen molar-refractivity contribution in [3.63, 3.8) is 0 Å². The molecule has 0 aliphatic heterocycles. The summed E-state index contributed by atoms with van der Waals surface area (Å²) in [5.74, 6) is 0.542. The number of rotatable bonds is 4. The van der Waals surface area contributed by atoms with Crippen molar-refractivity contribution in [3.8, 4) is 0 Å². The Morgan fingerprint density at radius 1 is 1.33 bits per heavy atom. The summed E-state index contributed by atoms with van der Waals surface area (Å²) in [4.78, 5) is 4.88. The second-order valence-electron chi connectivity index (χ2n) is 7.44. The van der Waals surface area contributed by atoms with Gasteiger partial charge < -0.3 is 0 Å². The van der Waals surface area contributed by atoms with Crippen molar-refractivity contribution in [1.29, 1.82) is 0 Å². The maximum absolute atomic E-state index is 12.8. The maximum Gasteiger partial charge on any atom is 0.194 e. The van der Waals surface area contributed by atoms with Gasteiger partial charge in [-0.3, -0.25) is 9.01 Å². The minimum absolute atomic E-state index is 0.00949. The molecule has 0 saturated heterocycles. The van der Waals surface area contributed by atoms with Crippen LogP contribution >= 0.6 is 10.7 Å². The van der Waals surface area contributed by atoms with Gasteiger partial charge in [-0.25, -0.2) is 4.21 Å². The van der Waals surface area contributed by atoms with Gasteiger partial charge >= 0.3 is 0 Å². The molecule has 0 N–H and O–H groups in total. The van der Waals surface area contributed by atoms with Crippen LogP contribution in [0.2, 0.25) is 18.1 Å². The van der Waals surface area contributed by atoms with Crippen LogP contribution < -0.4 is 0 Å². The van der Waals surface area contributed by atoms with Crippen molar-refractivity contribution in [2.45, 2.75) is 64.1 Å². The fraction of sp³-hybridized carbons (Fsp3) is 0.667. The van der Waals surface area contributed by atoms with E-state index in [1.165, 1.54) is 0 Å². The van der Waals surface area contributed by atoms with Crippen LogP contribution in [0.5, 0.6) is 0 Å². The highest BCUT2D eigenvalue weighted by Gasteiger charge is 2.37. The molecule has 6 heteroatoms. The van der Waals surface area contributed by atoms with E-state index in [0.29, 0.717) is 10.8 Å². The highest BCUT2D eigenvalue weighted by Crippen LogP contribution is 2.38. The van der Waals surface area contributed by atoms with Gasteiger partial charge in [-0.1, -0.05) is 34.6 Å². The Balaban J connectivity index is 3.17. The molecule has 0 spiro atoms. The molecule has 1 aromatic rings. The van der Waals surface area contributed by atoms with Gasteiger partial charge in [0.2, 0.25) is 0 Å². The Bertz CT molecular complexity index is 597. The summed E-state index contributed by atoms with van der Waals surface area (Å²) in [6.07, 6.45) is 2.52. The standard InChI is InChI=1S/C15H27ClN2OSSi/c1-12(2)10-13-8-9-14(11-17-13)20(16,19)18-21(6,7)15(3,4)5/h8-9,11-12H,10H2,1-7H3. The fourth-order valence-corrected chi connectivity index (χ4v) is 7.69. The van der Waals surface area contributed by atoms with Crippen LogP contribution in [-0.2, 0) is 15.4 Å². The van der Waals surface area contributed by atoms with E-state index >= 15 is 0 Å². The minimum atomic E-state index is -2.90. The highest BCUT2D eigenvalue weighted by molar-refractivity contribution is 8.16. The van der Waals surface area contributed by atoms with Crippen LogP contribution in [0.1, 0.15) is 40.3 Å². The van der Waals surface area contributed by atoms with Crippen molar-refractivity contribution < 1.29 is 4.21 Å². The van der Waals surface area contributed by atoms with E-state index in [2.05, 4.69) is 56.7 Å². The smallest absolute Gasteiger partial charge is 0.194 e. The zero-order valence-electron chi connectivity index (χ0n) is 14.1. The summed E-state index contributed by atoms with van der Waals surface area (Å²) in [7, 11) is 1.29. The number of hydrogen-bond donors (Lipinski definition) is 0. The van der Waals surface area contributed by atoms with Crippen molar-refractivity contribution in [1.82, 2.24) is 4.98 Å². The van der Waals surface area contributed by atoms with Crippen LogP contribution in [0.15, 0.2) is 27.3 Å². The van der Waals surface area contributed by atoms with Crippen molar-refractivity contribution in [2.75, 3.05) is 0 Å². The Morgan fingerprint density at radius 3 is 2.29 bits per heavy atom. The van der Waals surface area contributed by atoms with Gasteiger partial charge in [0.1, 0.15) is 0 Å². The average Bonchev–Trinajstić information content (AvgIpc) is 2.25. The Kier molecular flexibility index (Phi) is 5.67. The van der Waals surface area contributed by atoms with Crippen molar-refractivity contribution >= 4 is 27.9 Å². The van der Waals surface area contributed by atoms with E-state index in [9.17, 15) is 4.21 Å². The van der Waals surface area contributed by atoms with Crippen molar-refractivity contribution in [2.24, 2.45) is 9.95 Å². The average molecular weight is 347 g/mol. The molecule has 0 fully saturated rings. The molecule has 120 valence electrons. The molecule has 0 amide bonds. The molecule has 0 aliphatic rings.